The average molecular weight is 400 g/mol. The molecule has 0 radical (unpaired) electrons. The van der Waals surface area contributed by atoms with Gasteiger partial charge in [0.2, 0.25) is 0 Å². The maximum atomic E-state index is 12.1. The van der Waals surface area contributed by atoms with Crippen LogP contribution in [0.5, 0.6) is 5.75 Å². The number of anilines is 1. The van der Waals surface area contributed by atoms with E-state index in [1.807, 2.05) is 42.5 Å². The largest absolute Gasteiger partial charge is 0.497 e. The van der Waals surface area contributed by atoms with E-state index in [4.69, 9.17) is 10.00 Å². The molecule has 0 saturated heterocycles. The van der Waals surface area contributed by atoms with Crippen molar-refractivity contribution in [3.05, 3.63) is 70.3 Å². The van der Waals surface area contributed by atoms with Crippen LogP contribution >= 0.6 is 15.9 Å². The molecule has 0 aliphatic heterocycles. The Morgan fingerprint density at radius 1 is 1.20 bits per heavy atom. The van der Waals surface area contributed by atoms with Crippen molar-refractivity contribution in [1.82, 2.24) is 5.32 Å². The zero-order valence-electron chi connectivity index (χ0n) is 13.8. The highest BCUT2D eigenvalue weighted by atomic mass is 79.9. The number of nitriles is 1. The molecule has 2 rings (SSSR count). The summed E-state index contributed by atoms with van der Waals surface area (Å²) >= 11 is 3.33. The van der Waals surface area contributed by atoms with E-state index in [1.165, 1.54) is 6.20 Å². The summed E-state index contributed by atoms with van der Waals surface area (Å²) in [6.07, 6.45) is 2.21. The van der Waals surface area contributed by atoms with Crippen molar-refractivity contribution in [2.45, 2.75) is 6.42 Å². The monoisotopic (exact) mass is 399 g/mol. The quantitative estimate of drug-likeness (QED) is 0.423. The number of nitrogens with one attached hydrogen (secondary N) is 2. The SMILES string of the molecule is COc1ccc(CCN/C=C(/C#N)C(=O)Nc2ccc(Br)cc2)cc1. The lowest BCUT2D eigenvalue weighted by Crippen LogP contribution is -2.18. The zero-order valence-corrected chi connectivity index (χ0v) is 15.3. The fourth-order valence-corrected chi connectivity index (χ4v) is 2.33. The number of carbonyl (C=O) groups excluding carboxylic acids is 1. The van der Waals surface area contributed by atoms with E-state index >= 15 is 0 Å². The highest BCUT2D eigenvalue weighted by Gasteiger charge is 2.08. The molecule has 1 amide bonds. The molecule has 2 N–H and O–H groups in total. The number of halogens is 1. The Morgan fingerprint density at radius 3 is 2.48 bits per heavy atom. The van der Waals surface area contributed by atoms with Gasteiger partial charge in [0.1, 0.15) is 17.4 Å². The number of hydrogen-bond acceptors (Lipinski definition) is 4. The third-order valence-corrected chi connectivity index (χ3v) is 3.96. The lowest BCUT2D eigenvalue weighted by atomic mass is 10.1. The van der Waals surface area contributed by atoms with Gasteiger partial charge in [0, 0.05) is 22.9 Å². The van der Waals surface area contributed by atoms with E-state index in [1.54, 1.807) is 19.2 Å². The average Bonchev–Trinajstić information content (AvgIpc) is 2.64. The van der Waals surface area contributed by atoms with Gasteiger partial charge < -0.3 is 15.4 Å². The molecular weight excluding hydrogens is 382 g/mol. The molecule has 0 aromatic heterocycles. The molecule has 0 saturated carbocycles. The minimum Gasteiger partial charge on any atom is -0.497 e. The number of nitrogens with zero attached hydrogens (tertiary/aromatic N) is 1. The Balaban J connectivity index is 1.85. The molecule has 2 aromatic rings. The van der Waals surface area contributed by atoms with Crippen molar-refractivity contribution in [1.29, 1.82) is 5.26 Å². The molecule has 25 heavy (non-hydrogen) atoms. The second-order valence-electron chi connectivity index (χ2n) is 5.18. The van der Waals surface area contributed by atoms with Gasteiger partial charge in [0.05, 0.1) is 7.11 Å². The van der Waals surface area contributed by atoms with E-state index in [2.05, 4.69) is 26.6 Å². The number of amides is 1. The topological polar surface area (TPSA) is 74.1 Å². The van der Waals surface area contributed by atoms with E-state index < -0.39 is 5.91 Å². The lowest BCUT2D eigenvalue weighted by molar-refractivity contribution is -0.112. The van der Waals surface area contributed by atoms with Crippen LogP contribution in [0.4, 0.5) is 5.69 Å². The highest BCUT2D eigenvalue weighted by molar-refractivity contribution is 9.10. The van der Waals surface area contributed by atoms with E-state index in [0.29, 0.717) is 12.2 Å². The van der Waals surface area contributed by atoms with Gasteiger partial charge in [-0.25, -0.2) is 0 Å². The first kappa shape index (κ1) is 18.6. The minimum absolute atomic E-state index is 0.0256. The van der Waals surface area contributed by atoms with Gasteiger partial charge in [-0.15, -0.1) is 0 Å². The number of hydrogen-bond donors (Lipinski definition) is 2. The normalized spacial score (nSPS) is 10.7. The first-order valence-electron chi connectivity index (χ1n) is 7.66. The predicted molar refractivity (Wildman–Crippen MR) is 101 cm³/mol. The maximum absolute atomic E-state index is 12.1. The van der Waals surface area contributed by atoms with Crippen LogP contribution in [0.15, 0.2) is 64.8 Å². The predicted octanol–water partition coefficient (Wildman–Crippen LogP) is 3.64. The van der Waals surface area contributed by atoms with Crippen molar-refractivity contribution in [2.24, 2.45) is 0 Å². The third kappa shape index (κ3) is 5.98. The molecule has 128 valence electrons. The summed E-state index contributed by atoms with van der Waals surface area (Å²) in [5.41, 5.74) is 1.80. The standard InChI is InChI=1S/C19H18BrN3O2/c1-25-18-8-2-14(3-9-18)10-11-22-13-15(12-21)19(24)23-17-6-4-16(20)5-7-17/h2-9,13,22H,10-11H2,1H3,(H,23,24)/b15-13-. The fourth-order valence-electron chi connectivity index (χ4n) is 2.06. The van der Waals surface area contributed by atoms with Crippen molar-refractivity contribution in [3.8, 4) is 11.8 Å². The molecule has 0 unspecified atom stereocenters. The summed E-state index contributed by atoms with van der Waals surface area (Å²) in [6.45, 7) is 0.614. The summed E-state index contributed by atoms with van der Waals surface area (Å²) in [5.74, 6) is 0.370. The van der Waals surface area contributed by atoms with Gasteiger partial charge in [0.25, 0.3) is 5.91 Å². The zero-order chi connectivity index (χ0) is 18.1. The van der Waals surface area contributed by atoms with E-state index in [9.17, 15) is 4.79 Å². The van der Waals surface area contributed by atoms with Crippen LogP contribution in [0.25, 0.3) is 0 Å². The van der Waals surface area contributed by atoms with Crippen LogP contribution in [0.2, 0.25) is 0 Å². The summed E-state index contributed by atoms with van der Waals surface area (Å²) < 4.78 is 6.03. The maximum Gasteiger partial charge on any atom is 0.267 e. The van der Waals surface area contributed by atoms with Gasteiger partial charge in [-0.2, -0.15) is 5.26 Å². The van der Waals surface area contributed by atoms with E-state index in [-0.39, 0.29) is 5.57 Å². The van der Waals surface area contributed by atoms with Gasteiger partial charge in [-0.1, -0.05) is 28.1 Å². The first-order valence-corrected chi connectivity index (χ1v) is 8.45. The summed E-state index contributed by atoms with van der Waals surface area (Å²) in [5, 5.41) is 14.8. The molecule has 0 heterocycles. The highest BCUT2D eigenvalue weighted by Crippen LogP contribution is 2.15. The molecule has 6 heteroatoms. The molecule has 0 aliphatic carbocycles. The smallest absolute Gasteiger partial charge is 0.267 e. The molecule has 0 fully saturated rings. The number of rotatable bonds is 7. The molecule has 0 aliphatic rings. The Labute approximate surface area is 155 Å². The first-order chi connectivity index (χ1) is 12.1. The Kier molecular flexibility index (Phi) is 7.05. The summed E-state index contributed by atoms with van der Waals surface area (Å²) in [6, 6.07) is 16.8. The number of benzene rings is 2. The second-order valence-corrected chi connectivity index (χ2v) is 6.10. The van der Waals surface area contributed by atoms with Crippen LogP contribution in [0, 0.1) is 11.3 Å². The van der Waals surface area contributed by atoms with E-state index in [0.717, 1.165) is 22.2 Å². The van der Waals surface area contributed by atoms with Crippen molar-refractivity contribution in [2.75, 3.05) is 19.0 Å². The number of carbonyl (C=O) groups is 1. The second kappa shape index (κ2) is 9.50. The van der Waals surface area contributed by atoms with Crippen LogP contribution in [-0.2, 0) is 11.2 Å². The van der Waals surface area contributed by atoms with Crippen molar-refractivity contribution >= 4 is 27.5 Å². The van der Waals surface area contributed by atoms with Crippen LogP contribution in [-0.4, -0.2) is 19.6 Å². The van der Waals surface area contributed by atoms with Crippen LogP contribution in [0.1, 0.15) is 5.56 Å². The fraction of sp³-hybridized carbons (Fsp3) is 0.158. The van der Waals surface area contributed by atoms with Crippen LogP contribution < -0.4 is 15.4 Å². The molecule has 0 atom stereocenters. The molecule has 2 aromatic carbocycles. The molecular formula is C19H18BrN3O2. The number of methoxy groups -OCH3 is 1. The Bertz CT molecular complexity index is 778. The van der Waals surface area contributed by atoms with Gasteiger partial charge in [-0.05, 0) is 48.4 Å². The Hall–Kier alpha value is -2.78. The van der Waals surface area contributed by atoms with Gasteiger partial charge in [0.15, 0.2) is 0 Å². The van der Waals surface area contributed by atoms with Crippen molar-refractivity contribution in [3.63, 3.8) is 0 Å². The Morgan fingerprint density at radius 2 is 1.88 bits per heavy atom. The molecule has 0 spiro atoms. The number of ether oxygens (including phenoxy) is 1. The molecule has 5 nitrogen and oxygen atoms in total. The lowest BCUT2D eigenvalue weighted by Gasteiger charge is -2.06. The minimum atomic E-state index is -0.443. The van der Waals surface area contributed by atoms with Crippen molar-refractivity contribution < 1.29 is 9.53 Å². The summed E-state index contributed by atoms with van der Waals surface area (Å²) in [7, 11) is 1.63. The van der Waals surface area contributed by atoms with Crippen LogP contribution in [0.3, 0.4) is 0 Å². The summed E-state index contributed by atoms with van der Waals surface area (Å²) in [4.78, 5) is 12.1. The van der Waals surface area contributed by atoms with Gasteiger partial charge >= 0.3 is 0 Å². The third-order valence-electron chi connectivity index (χ3n) is 3.43. The van der Waals surface area contributed by atoms with Gasteiger partial charge in [-0.3, -0.25) is 4.79 Å². The molecule has 0 bridgehead atoms.